The van der Waals surface area contributed by atoms with Gasteiger partial charge in [-0.1, -0.05) is 0 Å². The molecule has 0 bridgehead atoms. The van der Waals surface area contributed by atoms with Gasteiger partial charge in [-0.15, -0.1) is 11.8 Å². The quantitative estimate of drug-likeness (QED) is 0.561. The number of amides is 1. The number of likely N-dealkylation sites (tertiary alicyclic amines) is 1. The number of thioether (sulfide) groups is 1. The molecule has 1 amide bonds. The summed E-state index contributed by atoms with van der Waals surface area (Å²) in [6, 6.07) is 0.186. The maximum atomic E-state index is 12.4. The number of hydrogen-bond donors (Lipinski definition) is 0. The predicted molar refractivity (Wildman–Crippen MR) is 98.7 cm³/mol. The lowest BCUT2D eigenvalue weighted by Crippen LogP contribution is -2.46. The average molecular weight is 368 g/mol. The topological polar surface area (TPSA) is 64.6 Å². The van der Waals surface area contributed by atoms with E-state index in [0.717, 1.165) is 42.9 Å². The van der Waals surface area contributed by atoms with Gasteiger partial charge in [0.2, 0.25) is 0 Å². The molecule has 2 heterocycles. The molecule has 1 unspecified atom stereocenters. The van der Waals surface area contributed by atoms with Crippen LogP contribution < -0.4 is 0 Å². The first-order valence-corrected chi connectivity index (χ1v) is 10.0. The molecule has 1 atom stereocenters. The largest absolute Gasteiger partial charge is 0.444 e. The highest BCUT2D eigenvalue weighted by Crippen LogP contribution is 2.23. The normalized spacial score (nSPS) is 18.2. The van der Waals surface area contributed by atoms with E-state index < -0.39 is 5.60 Å². The van der Waals surface area contributed by atoms with Gasteiger partial charge in [0.1, 0.15) is 10.6 Å². The number of piperidine rings is 1. The minimum absolute atomic E-state index is 0.186. The lowest BCUT2D eigenvalue weighted by molar-refractivity contribution is 0.00360. The van der Waals surface area contributed by atoms with Crippen LogP contribution in [0.4, 0.5) is 4.79 Å². The summed E-state index contributed by atoms with van der Waals surface area (Å²) in [4.78, 5) is 22.9. The Morgan fingerprint density at radius 1 is 1.32 bits per heavy atom. The van der Waals surface area contributed by atoms with Crippen LogP contribution >= 0.6 is 11.8 Å². The van der Waals surface area contributed by atoms with E-state index >= 15 is 0 Å². The average Bonchev–Trinajstić information content (AvgIpc) is 2.58. The molecule has 1 aliphatic heterocycles. The lowest BCUT2D eigenvalue weighted by Gasteiger charge is -2.36. The monoisotopic (exact) mass is 367 g/mol. The molecule has 1 aromatic heterocycles. The molecular formula is C18H29N3O3S. The predicted octanol–water partition coefficient (Wildman–Crippen LogP) is 3.89. The standard InChI is InChI=1S/C18H29N3O3S/c1-18(2,3)24-17(22)21-11-6-5-7-14(21)8-12-23-13-15-16(25-4)20-10-9-19-15/h9-10,14H,5-8,11-13H2,1-4H3. The number of nitrogens with zero attached hydrogens (tertiary/aromatic N) is 3. The van der Waals surface area contributed by atoms with Gasteiger partial charge in [0.05, 0.1) is 12.3 Å². The van der Waals surface area contributed by atoms with Crippen molar-refractivity contribution >= 4 is 17.9 Å². The number of carbonyl (C=O) groups excluding carboxylic acids is 1. The van der Waals surface area contributed by atoms with Gasteiger partial charge in [-0.05, 0) is 52.7 Å². The van der Waals surface area contributed by atoms with Crippen LogP contribution in [0.15, 0.2) is 17.4 Å². The van der Waals surface area contributed by atoms with Crippen molar-refractivity contribution in [2.75, 3.05) is 19.4 Å². The lowest BCUT2D eigenvalue weighted by atomic mass is 10.0. The van der Waals surface area contributed by atoms with Gasteiger partial charge in [0, 0.05) is 31.6 Å². The second-order valence-electron chi connectivity index (χ2n) is 7.18. The Morgan fingerprint density at radius 2 is 2.08 bits per heavy atom. The van der Waals surface area contributed by atoms with E-state index in [0.29, 0.717) is 13.2 Å². The van der Waals surface area contributed by atoms with Gasteiger partial charge < -0.3 is 14.4 Å². The van der Waals surface area contributed by atoms with Crippen LogP contribution in [-0.2, 0) is 16.1 Å². The number of ether oxygens (including phenoxy) is 2. The fraction of sp³-hybridized carbons (Fsp3) is 0.722. The number of aromatic nitrogens is 2. The van der Waals surface area contributed by atoms with Crippen LogP contribution in [0.1, 0.15) is 52.1 Å². The summed E-state index contributed by atoms with van der Waals surface area (Å²) in [5.41, 5.74) is 0.401. The number of hydrogen-bond acceptors (Lipinski definition) is 6. The highest BCUT2D eigenvalue weighted by molar-refractivity contribution is 7.98. The van der Waals surface area contributed by atoms with Crippen molar-refractivity contribution in [1.82, 2.24) is 14.9 Å². The van der Waals surface area contributed by atoms with E-state index in [-0.39, 0.29) is 12.1 Å². The van der Waals surface area contributed by atoms with Crippen molar-refractivity contribution in [3.63, 3.8) is 0 Å². The molecular weight excluding hydrogens is 338 g/mol. The van der Waals surface area contributed by atoms with Gasteiger partial charge in [0.25, 0.3) is 0 Å². The molecule has 1 aliphatic rings. The summed E-state index contributed by atoms with van der Waals surface area (Å²) in [5, 5.41) is 0.899. The molecule has 0 aliphatic carbocycles. The van der Waals surface area contributed by atoms with Crippen LogP contribution in [0.3, 0.4) is 0 Å². The Kier molecular flexibility index (Phi) is 7.50. The van der Waals surface area contributed by atoms with Gasteiger partial charge in [-0.3, -0.25) is 4.98 Å². The van der Waals surface area contributed by atoms with Crippen LogP contribution in [-0.4, -0.2) is 52.0 Å². The van der Waals surface area contributed by atoms with Gasteiger partial charge in [0.15, 0.2) is 0 Å². The maximum absolute atomic E-state index is 12.4. The van der Waals surface area contributed by atoms with Gasteiger partial charge in [-0.25, -0.2) is 9.78 Å². The number of carbonyl (C=O) groups is 1. The van der Waals surface area contributed by atoms with Crippen molar-refractivity contribution in [2.45, 2.75) is 69.7 Å². The van der Waals surface area contributed by atoms with Crippen LogP contribution in [0.2, 0.25) is 0 Å². The number of rotatable bonds is 6. The van der Waals surface area contributed by atoms with Gasteiger partial charge in [-0.2, -0.15) is 0 Å². The SMILES string of the molecule is CSc1nccnc1COCCC1CCCCN1C(=O)OC(C)(C)C. The first-order chi connectivity index (χ1) is 11.9. The van der Waals surface area contributed by atoms with Crippen LogP contribution in [0.25, 0.3) is 0 Å². The smallest absolute Gasteiger partial charge is 0.410 e. The minimum Gasteiger partial charge on any atom is -0.444 e. The first kappa shape index (κ1) is 20.0. The molecule has 0 saturated carbocycles. The first-order valence-electron chi connectivity index (χ1n) is 8.82. The molecule has 0 radical (unpaired) electrons. The Morgan fingerprint density at radius 3 is 2.80 bits per heavy atom. The van der Waals surface area contributed by atoms with Crippen molar-refractivity contribution in [2.24, 2.45) is 0 Å². The highest BCUT2D eigenvalue weighted by atomic mass is 32.2. The molecule has 0 N–H and O–H groups in total. The van der Waals surface area contributed by atoms with E-state index in [1.165, 1.54) is 0 Å². The van der Waals surface area contributed by atoms with Crippen molar-refractivity contribution in [3.05, 3.63) is 18.1 Å². The Hall–Kier alpha value is -1.34. The van der Waals surface area contributed by atoms with E-state index in [1.54, 1.807) is 24.2 Å². The molecule has 1 saturated heterocycles. The zero-order valence-electron chi connectivity index (χ0n) is 15.7. The highest BCUT2D eigenvalue weighted by Gasteiger charge is 2.30. The molecule has 7 heteroatoms. The van der Waals surface area contributed by atoms with Crippen molar-refractivity contribution < 1.29 is 14.3 Å². The third-order valence-electron chi connectivity index (χ3n) is 4.02. The van der Waals surface area contributed by atoms with E-state index in [2.05, 4.69) is 9.97 Å². The Bertz CT molecular complexity index is 563. The van der Waals surface area contributed by atoms with E-state index in [1.807, 2.05) is 31.9 Å². The summed E-state index contributed by atoms with van der Waals surface area (Å²) < 4.78 is 11.3. The fourth-order valence-electron chi connectivity index (χ4n) is 2.87. The molecule has 2 rings (SSSR count). The molecule has 1 aromatic rings. The minimum atomic E-state index is -0.463. The summed E-state index contributed by atoms with van der Waals surface area (Å²) in [5.74, 6) is 0. The van der Waals surface area contributed by atoms with Crippen LogP contribution in [0, 0.1) is 0 Å². The second-order valence-corrected chi connectivity index (χ2v) is 7.97. The van der Waals surface area contributed by atoms with Crippen molar-refractivity contribution in [3.8, 4) is 0 Å². The summed E-state index contributed by atoms with van der Waals surface area (Å²) in [7, 11) is 0. The second kappa shape index (κ2) is 9.38. The van der Waals surface area contributed by atoms with Crippen LogP contribution in [0.5, 0.6) is 0 Å². The summed E-state index contributed by atoms with van der Waals surface area (Å²) in [6.45, 7) is 7.50. The fourth-order valence-corrected chi connectivity index (χ4v) is 3.39. The van der Waals surface area contributed by atoms with Crippen molar-refractivity contribution in [1.29, 1.82) is 0 Å². The summed E-state index contributed by atoms with van der Waals surface area (Å²) in [6.07, 6.45) is 9.14. The van der Waals surface area contributed by atoms with E-state index in [9.17, 15) is 4.79 Å². The molecule has 0 aromatic carbocycles. The van der Waals surface area contributed by atoms with E-state index in [4.69, 9.17) is 9.47 Å². The summed E-state index contributed by atoms with van der Waals surface area (Å²) >= 11 is 1.57. The molecule has 25 heavy (non-hydrogen) atoms. The zero-order chi connectivity index (χ0) is 18.3. The van der Waals surface area contributed by atoms with Gasteiger partial charge >= 0.3 is 6.09 Å². The maximum Gasteiger partial charge on any atom is 0.410 e. The third-order valence-corrected chi connectivity index (χ3v) is 4.75. The third kappa shape index (κ3) is 6.47. The Balaban J connectivity index is 1.82. The molecule has 0 spiro atoms. The molecule has 6 nitrogen and oxygen atoms in total. The zero-order valence-corrected chi connectivity index (χ0v) is 16.5. The molecule has 1 fully saturated rings. The Labute approximate surface area is 154 Å². The molecule has 140 valence electrons.